The minimum absolute atomic E-state index is 0.0987. The van der Waals surface area contributed by atoms with Crippen LogP contribution in [0.3, 0.4) is 0 Å². The van der Waals surface area contributed by atoms with Gasteiger partial charge in [-0.15, -0.1) is 0 Å². The van der Waals surface area contributed by atoms with E-state index >= 15 is 0 Å². The van der Waals surface area contributed by atoms with Crippen LogP contribution in [-0.4, -0.2) is 26.7 Å². The minimum atomic E-state index is -0.205. The molecule has 4 rings (SSSR count). The van der Waals surface area contributed by atoms with E-state index in [0.29, 0.717) is 11.5 Å². The first-order chi connectivity index (χ1) is 15.9. The summed E-state index contributed by atoms with van der Waals surface area (Å²) in [7, 11) is 0. The summed E-state index contributed by atoms with van der Waals surface area (Å²) in [6, 6.07) is 20.0. The molecule has 0 saturated carbocycles. The van der Waals surface area contributed by atoms with Gasteiger partial charge in [0.05, 0.1) is 4.91 Å². The quantitative estimate of drug-likeness (QED) is 0.377. The molecule has 0 aliphatic carbocycles. The van der Waals surface area contributed by atoms with E-state index in [-0.39, 0.29) is 17.2 Å². The number of carbonyl (C=O) groups is 2. The van der Waals surface area contributed by atoms with E-state index in [9.17, 15) is 9.59 Å². The van der Waals surface area contributed by atoms with E-state index in [1.165, 1.54) is 4.90 Å². The predicted octanol–water partition coefficient (Wildman–Crippen LogP) is 6.51. The van der Waals surface area contributed by atoms with E-state index in [1.54, 1.807) is 0 Å². The summed E-state index contributed by atoms with van der Waals surface area (Å²) in [5, 5.41) is -0.194. The highest BCUT2D eigenvalue weighted by atomic mass is 32.2. The molecular weight excluding hydrogens is 432 g/mol. The number of rotatable bonds is 7. The normalized spacial score (nSPS) is 16.0. The maximum atomic E-state index is 12.8. The molecule has 0 unspecified atom stereocenters. The first kappa shape index (κ1) is 22.9. The number of imide groups is 1. The highest BCUT2D eigenvalue weighted by Gasteiger charge is 2.37. The van der Waals surface area contributed by atoms with Gasteiger partial charge in [0.2, 0.25) is 0 Å². The standard InChI is InChI=1S/C27H28N2O3S/c1-5-18(2)29-26(30)25(33-27(29)31)16-22-15-19(3)28(20(22)4)23-11-13-24(14-12-23)32-17-21-9-7-6-8-10-21/h6-16,18H,5,17H2,1-4H3/b25-16+/t18-/m1/s1. The fraction of sp³-hybridized carbons (Fsp3) is 0.259. The first-order valence-corrected chi connectivity index (χ1v) is 11.9. The largest absolute Gasteiger partial charge is 0.489 e. The third-order valence-electron chi connectivity index (χ3n) is 5.96. The van der Waals surface area contributed by atoms with Crippen molar-refractivity contribution in [3.63, 3.8) is 0 Å². The van der Waals surface area contributed by atoms with Crippen molar-refractivity contribution in [2.45, 2.75) is 46.8 Å². The summed E-state index contributed by atoms with van der Waals surface area (Å²) in [6.07, 6.45) is 2.58. The topological polar surface area (TPSA) is 51.5 Å². The summed E-state index contributed by atoms with van der Waals surface area (Å²) < 4.78 is 8.05. The van der Waals surface area contributed by atoms with Crippen molar-refractivity contribution in [2.75, 3.05) is 0 Å². The zero-order chi connectivity index (χ0) is 23.5. The second-order valence-electron chi connectivity index (χ2n) is 8.24. The van der Waals surface area contributed by atoms with Gasteiger partial charge in [-0.05, 0) is 86.5 Å². The Morgan fingerprint density at radius 3 is 2.39 bits per heavy atom. The van der Waals surface area contributed by atoms with Crippen molar-refractivity contribution < 1.29 is 14.3 Å². The van der Waals surface area contributed by atoms with E-state index in [4.69, 9.17) is 4.74 Å². The number of amides is 2. The third kappa shape index (κ3) is 4.76. The van der Waals surface area contributed by atoms with E-state index in [0.717, 1.165) is 52.1 Å². The van der Waals surface area contributed by atoms with Gasteiger partial charge in [0, 0.05) is 23.1 Å². The van der Waals surface area contributed by atoms with E-state index in [1.807, 2.05) is 94.4 Å². The smallest absolute Gasteiger partial charge is 0.293 e. The van der Waals surface area contributed by atoms with Crippen molar-refractivity contribution in [1.82, 2.24) is 9.47 Å². The molecule has 0 N–H and O–H groups in total. The molecule has 1 saturated heterocycles. The molecule has 0 bridgehead atoms. The molecule has 170 valence electrons. The van der Waals surface area contributed by atoms with Crippen LogP contribution in [-0.2, 0) is 11.4 Å². The van der Waals surface area contributed by atoms with Crippen LogP contribution in [0.5, 0.6) is 5.75 Å². The van der Waals surface area contributed by atoms with Crippen molar-refractivity contribution in [2.24, 2.45) is 0 Å². The maximum absolute atomic E-state index is 12.8. The number of aryl methyl sites for hydroxylation is 1. The Morgan fingerprint density at radius 2 is 1.73 bits per heavy atom. The van der Waals surface area contributed by atoms with Gasteiger partial charge in [-0.25, -0.2) is 0 Å². The zero-order valence-electron chi connectivity index (χ0n) is 19.4. The molecule has 1 aromatic heterocycles. The van der Waals surface area contributed by atoms with Gasteiger partial charge in [0.25, 0.3) is 11.1 Å². The van der Waals surface area contributed by atoms with Crippen molar-refractivity contribution in [3.8, 4) is 11.4 Å². The molecule has 1 aliphatic heterocycles. The number of nitrogens with zero attached hydrogens (tertiary/aromatic N) is 2. The van der Waals surface area contributed by atoms with Gasteiger partial charge in [-0.1, -0.05) is 37.3 Å². The predicted molar refractivity (Wildman–Crippen MR) is 134 cm³/mol. The van der Waals surface area contributed by atoms with Crippen LogP contribution >= 0.6 is 11.8 Å². The average molecular weight is 461 g/mol. The highest BCUT2D eigenvalue weighted by Crippen LogP contribution is 2.35. The van der Waals surface area contributed by atoms with Gasteiger partial charge in [0.1, 0.15) is 12.4 Å². The summed E-state index contributed by atoms with van der Waals surface area (Å²) >= 11 is 1.02. The molecular formula is C27H28N2O3S. The Hall–Kier alpha value is -3.25. The monoisotopic (exact) mass is 460 g/mol. The Labute approximate surface area is 199 Å². The van der Waals surface area contributed by atoms with Crippen LogP contribution in [0.4, 0.5) is 4.79 Å². The lowest BCUT2D eigenvalue weighted by Crippen LogP contribution is -2.36. The lowest BCUT2D eigenvalue weighted by molar-refractivity contribution is -0.124. The summed E-state index contributed by atoms with van der Waals surface area (Å²) in [6.45, 7) is 8.46. The van der Waals surface area contributed by atoms with Crippen LogP contribution < -0.4 is 4.74 Å². The maximum Gasteiger partial charge on any atom is 0.293 e. The number of aromatic nitrogens is 1. The molecule has 0 radical (unpaired) electrons. The fourth-order valence-corrected chi connectivity index (χ4v) is 4.87. The lowest BCUT2D eigenvalue weighted by Gasteiger charge is -2.19. The van der Waals surface area contributed by atoms with Gasteiger partial charge in [0.15, 0.2) is 0 Å². The second kappa shape index (κ2) is 9.71. The van der Waals surface area contributed by atoms with Crippen molar-refractivity contribution in [3.05, 3.63) is 88.1 Å². The third-order valence-corrected chi connectivity index (χ3v) is 6.84. The summed E-state index contributed by atoms with van der Waals surface area (Å²) in [5.74, 6) is 0.605. The van der Waals surface area contributed by atoms with Crippen LogP contribution in [0.25, 0.3) is 11.8 Å². The number of ether oxygens (including phenoxy) is 1. The van der Waals surface area contributed by atoms with Crippen LogP contribution in [0.2, 0.25) is 0 Å². The number of hydrogen-bond acceptors (Lipinski definition) is 4. The van der Waals surface area contributed by atoms with Gasteiger partial charge >= 0.3 is 0 Å². The first-order valence-electron chi connectivity index (χ1n) is 11.1. The second-order valence-corrected chi connectivity index (χ2v) is 9.23. The summed E-state index contributed by atoms with van der Waals surface area (Å²) in [4.78, 5) is 27.0. The fourth-order valence-electron chi connectivity index (χ4n) is 3.95. The highest BCUT2D eigenvalue weighted by molar-refractivity contribution is 8.18. The minimum Gasteiger partial charge on any atom is -0.489 e. The molecule has 33 heavy (non-hydrogen) atoms. The molecule has 3 aromatic rings. The SMILES string of the molecule is CC[C@@H](C)N1C(=O)S/C(=C/c2cc(C)n(-c3ccc(OCc4ccccc4)cc3)c2C)C1=O. The van der Waals surface area contributed by atoms with E-state index in [2.05, 4.69) is 4.57 Å². The summed E-state index contributed by atoms with van der Waals surface area (Å²) in [5.41, 5.74) is 5.15. The molecule has 2 amide bonds. The molecule has 6 heteroatoms. The van der Waals surface area contributed by atoms with Gasteiger partial charge in [-0.2, -0.15) is 0 Å². The number of hydrogen-bond donors (Lipinski definition) is 0. The molecule has 1 aliphatic rings. The Morgan fingerprint density at radius 1 is 1.03 bits per heavy atom. The molecule has 5 nitrogen and oxygen atoms in total. The van der Waals surface area contributed by atoms with Crippen molar-refractivity contribution in [1.29, 1.82) is 0 Å². The van der Waals surface area contributed by atoms with Crippen LogP contribution in [0.1, 0.15) is 42.8 Å². The molecule has 1 atom stereocenters. The molecule has 2 heterocycles. The molecule has 0 spiro atoms. The number of thioether (sulfide) groups is 1. The molecule has 2 aromatic carbocycles. The Kier molecular flexibility index (Phi) is 6.75. The number of benzene rings is 2. The average Bonchev–Trinajstić information content (AvgIpc) is 3.26. The van der Waals surface area contributed by atoms with Crippen molar-refractivity contribution >= 4 is 29.0 Å². The zero-order valence-corrected chi connectivity index (χ0v) is 20.2. The Balaban J connectivity index is 1.54. The van der Waals surface area contributed by atoms with Gasteiger partial charge < -0.3 is 9.30 Å². The van der Waals surface area contributed by atoms with Crippen LogP contribution in [0, 0.1) is 13.8 Å². The lowest BCUT2D eigenvalue weighted by atomic mass is 10.2. The number of carbonyl (C=O) groups excluding carboxylic acids is 2. The molecule has 1 fully saturated rings. The Bertz CT molecular complexity index is 1200. The van der Waals surface area contributed by atoms with E-state index < -0.39 is 0 Å². The van der Waals surface area contributed by atoms with Crippen LogP contribution in [0.15, 0.2) is 65.6 Å². The van der Waals surface area contributed by atoms with Gasteiger partial charge in [-0.3, -0.25) is 14.5 Å².